The van der Waals surface area contributed by atoms with Gasteiger partial charge in [-0.15, -0.1) is 0 Å². The average molecular weight is 1710 g/mol. The van der Waals surface area contributed by atoms with Crippen LogP contribution in [-0.4, -0.2) is 254 Å². The van der Waals surface area contributed by atoms with Gasteiger partial charge in [0.05, 0.1) is 81.4 Å². The second-order valence-electron chi connectivity index (χ2n) is 30.5. The van der Waals surface area contributed by atoms with Crippen molar-refractivity contribution in [2.45, 2.75) is 289 Å². The number of aliphatic carboxylic acids is 1. The summed E-state index contributed by atoms with van der Waals surface area (Å²) in [5.41, 5.74) is 37.6. The minimum absolute atomic E-state index is 0. The van der Waals surface area contributed by atoms with Crippen molar-refractivity contribution in [3.05, 3.63) is 77.1 Å². The quantitative estimate of drug-likeness (QED) is 0.0169. The number of β-amino-alcohol motifs (C(OH)–C–C–N with tert-alkyl or cyclic N) is 1. The summed E-state index contributed by atoms with van der Waals surface area (Å²) in [4.78, 5) is 130. The van der Waals surface area contributed by atoms with Crippen molar-refractivity contribution in [3.63, 3.8) is 0 Å². The monoisotopic (exact) mass is 1710 g/mol. The number of amides is 3. The number of carboxylic acids is 1. The molecule has 10 atom stereocenters. The van der Waals surface area contributed by atoms with E-state index in [0.717, 1.165) is 31.2 Å². The number of esters is 5. The van der Waals surface area contributed by atoms with Gasteiger partial charge in [0.2, 0.25) is 0 Å². The Morgan fingerprint density at radius 1 is 0.534 bits per heavy atom. The number of halogens is 3. The first-order chi connectivity index (χ1) is 54.8. The van der Waals surface area contributed by atoms with Crippen molar-refractivity contribution >= 4 is 70.5 Å². The fraction of sp³-hybridized carbons (Fsp3) is 0.781. The smallest absolute Gasteiger partial charge is 0.475 e. The van der Waals surface area contributed by atoms with E-state index in [0.29, 0.717) is 51.0 Å². The first kappa shape index (κ1) is 109. The minimum atomic E-state index is -5.08. The Labute approximate surface area is 708 Å². The number of aliphatic hydroxyl groups excluding tert-OH is 1. The van der Waals surface area contributed by atoms with Crippen LogP contribution in [-0.2, 0) is 85.8 Å². The molecule has 0 bridgehead atoms. The zero-order valence-electron chi connectivity index (χ0n) is 70.4. The van der Waals surface area contributed by atoms with Gasteiger partial charge in [0.1, 0.15) is 53.3 Å². The molecule has 118 heavy (non-hydrogen) atoms. The van der Waals surface area contributed by atoms with Crippen molar-refractivity contribution < 1.29 is 151 Å². The Kier molecular flexibility index (Phi) is 51.2. The molecule has 0 radical (unpaired) electrons. The zero-order valence-corrected chi connectivity index (χ0v) is 73.2. The number of hydrogen-bond acceptors (Lipinski definition) is 27. The number of aliphatic hydroxyl groups is 1. The zero-order chi connectivity index (χ0) is 89.0. The van der Waals surface area contributed by atoms with Crippen LogP contribution in [0.3, 0.4) is 0 Å². The number of alkyl halides is 3. The number of carboxylic acid groups (broad SMARTS) is 1. The molecule has 5 saturated heterocycles. The van der Waals surface area contributed by atoms with E-state index in [-0.39, 0.29) is 129 Å². The molecule has 660 valence electrons. The third-order valence-corrected chi connectivity index (χ3v) is 18.9. The fourth-order valence-electron chi connectivity index (χ4n) is 12.5. The summed E-state index contributed by atoms with van der Waals surface area (Å²) in [6.07, 6.45) is 6.65. The van der Waals surface area contributed by atoms with Crippen molar-refractivity contribution in [2.75, 3.05) is 72.3 Å². The molecule has 0 aromatic heterocycles. The topological polar surface area (TPSA) is 558 Å². The molecule has 5 heterocycles. The predicted molar refractivity (Wildman–Crippen MR) is 415 cm³/mol. The second-order valence-corrected chi connectivity index (χ2v) is 32.0. The Morgan fingerprint density at radius 3 is 1.30 bits per heavy atom. The number of aldehydes is 1. The summed E-state index contributed by atoms with van der Waals surface area (Å²) in [7, 11) is -4.04. The van der Waals surface area contributed by atoms with Crippen LogP contribution in [0.1, 0.15) is 199 Å². The molecule has 8 rings (SSSR count). The standard InChI is InChI=1S/C19H27NO7S.C14H24N4O2.C12H20N4O4.C12H21NO5.C7H12N4O2.C7H12O.C2HF3O2.N3.Na/c1-6-25-17(21)16-11-14(12-20(16)18(22)26-19(3,4)5)27-28(23,24)15-9-7-13(2)8-10-15;1-2-20-14(19)13-8-12(16-17-15)10-18(13)9-11-6-4-3-5-7-11;1-5-19-10(17)9-6-8(14-15-13)7-16(9)11(18)20-12(2,3)4;1-5-17-10(15)9-6-8(14)7-13(9)11(16)18-12(2,3)4;1-2-13-7(12)6-3-5(4-9-6)10-11-8;8-6-7-4-2-1-3-5-7;3-2(4,5)1(6)7;1-3-2;/h7-10,14,16H,6,11-12H2,1-5H3;11-13H,2-10H2,1H3;8-9H,5-7H2,1-4H3;8-9,14H,5-7H2,1-4H3;5-6,9H,2-4H2,1H3;6-7H,1-5H2;(H,6,7);;/q;;;;;;;-1;+1/t14-,16+;12-,13-;8-,9-;8-,9+;5-,6-;;;;/m10010..../s1. The van der Waals surface area contributed by atoms with Gasteiger partial charge in [-0.05, 0) is 183 Å². The Bertz CT molecular complexity index is 3640. The maximum absolute atomic E-state index is 12.5. The molecule has 1 aromatic carbocycles. The number of aryl methyl sites for hydroxylation is 1. The van der Waals surface area contributed by atoms with E-state index >= 15 is 0 Å². The number of nitrogens with one attached hydrogen (secondary N) is 1. The summed E-state index contributed by atoms with van der Waals surface area (Å²) in [5.74, 6) is -3.74. The van der Waals surface area contributed by atoms with E-state index in [4.69, 9.17) is 79.6 Å². The molecule has 3 N–H and O–H groups in total. The molecular weight excluding hydrogens is 1590 g/mol. The molecule has 7 aliphatic rings. The van der Waals surface area contributed by atoms with Crippen molar-refractivity contribution in [3.8, 4) is 0 Å². The number of nitrogens with zero attached hydrogens (tertiary/aromatic N) is 16. The van der Waals surface area contributed by atoms with Crippen LogP contribution in [0.5, 0.6) is 0 Å². The van der Waals surface area contributed by atoms with E-state index in [1.54, 1.807) is 102 Å². The van der Waals surface area contributed by atoms with E-state index in [1.165, 1.54) is 83.1 Å². The molecule has 45 heteroatoms. The van der Waals surface area contributed by atoms with E-state index < -0.39 is 112 Å². The van der Waals surface area contributed by atoms with E-state index in [1.807, 2.05) is 13.8 Å². The van der Waals surface area contributed by atoms with E-state index in [2.05, 4.69) is 40.3 Å². The Balaban J connectivity index is 0.00000139. The molecule has 7 fully saturated rings. The SMILES string of the molecule is CCOC(=O)[C@@H]1C[C@@H](O)CN1C(=O)OC(C)(C)C.CCOC(=O)[C@@H]1C[C@@H](OS(=O)(=O)c2ccc(C)cc2)CN1C(=O)OC(C)(C)C.CCOC(=O)[C@@H]1C[C@H](N=[N+]=[N-])CN1.CCOC(=O)[C@@H]1C[C@H](N=[N+]=[N-])CN1C(=O)OC(C)(C)C.CCOC(=O)[C@@H]1C[C@H](N=[N+]=[N-])CN1CC1CCCCC1.O=C(O)C(F)(F)F.O=CC1CCCCC1.[N-]=[N+]=[N-].[Na+]. The molecule has 5 aliphatic heterocycles. The summed E-state index contributed by atoms with van der Waals surface area (Å²) in [6, 6.07) is 2.55. The van der Waals surface area contributed by atoms with E-state index in [9.17, 15) is 69.8 Å². The van der Waals surface area contributed by atoms with Crippen LogP contribution >= 0.6 is 0 Å². The van der Waals surface area contributed by atoms with Gasteiger partial charge in [0.15, 0.2) is 0 Å². The summed E-state index contributed by atoms with van der Waals surface area (Å²) < 4.78 is 103. The number of carbonyl (C=O) groups is 10. The summed E-state index contributed by atoms with van der Waals surface area (Å²) in [5, 5.41) is 30.5. The van der Waals surface area contributed by atoms with Crippen molar-refractivity contribution in [1.29, 1.82) is 0 Å². The number of hydrogen-bond donors (Lipinski definition) is 3. The van der Waals surface area contributed by atoms with Crippen LogP contribution in [0, 0.1) is 18.8 Å². The first-order valence-corrected chi connectivity index (χ1v) is 40.0. The second kappa shape index (κ2) is 55.2. The third-order valence-electron chi connectivity index (χ3n) is 17.5. The number of azide groups is 3. The summed E-state index contributed by atoms with van der Waals surface area (Å²) in [6.45, 7) is 29.8. The predicted octanol–water partition coefficient (Wildman–Crippen LogP) is 9.54. The number of benzene rings is 1. The number of rotatable bonds is 19. The molecule has 0 unspecified atom stereocenters. The van der Waals surface area contributed by atoms with Gasteiger partial charge >= 0.3 is 89.8 Å². The minimum Gasteiger partial charge on any atom is -0.475 e. The maximum Gasteiger partial charge on any atom is 1.00 e. The molecular formula is C73H117F3N17NaO23S. The van der Waals surface area contributed by atoms with Gasteiger partial charge in [0.25, 0.3) is 10.1 Å². The fourth-order valence-corrected chi connectivity index (χ4v) is 13.6. The van der Waals surface area contributed by atoms with Crippen LogP contribution in [0.4, 0.5) is 27.6 Å². The number of likely N-dealkylation sites (tertiary alicyclic amines) is 4. The van der Waals surface area contributed by atoms with Gasteiger partial charge in [-0.2, -0.15) is 21.6 Å². The number of ether oxygens (including phenoxy) is 8. The average Bonchev–Trinajstić information content (AvgIpc) is 1.60. The van der Waals surface area contributed by atoms with Crippen molar-refractivity contribution in [2.24, 2.45) is 27.2 Å². The Morgan fingerprint density at radius 2 is 0.898 bits per heavy atom. The third kappa shape index (κ3) is 42.8. The maximum atomic E-state index is 12.5. The largest absolute Gasteiger partial charge is 1.00 e. The molecule has 40 nitrogen and oxygen atoms in total. The Hall–Kier alpha value is -8.66. The van der Waals surface area contributed by atoms with Gasteiger partial charge in [-0.1, -0.05) is 71.6 Å². The first-order valence-electron chi connectivity index (χ1n) is 38.6. The molecule has 1 aromatic rings. The molecule has 3 amide bonds. The van der Waals surface area contributed by atoms with Crippen LogP contribution in [0.15, 0.2) is 44.5 Å². The molecule has 0 spiro atoms. The van der Waals surface area contributed by atoms with Crippen LogP contribution < -0.4 is 34.9 Å². The normalized spacial score (nSPS) is 22.1. The van der Waals surface area contributed by atoms with Gasteiger partial charge < -0.3 is 69.3 Å². The van der Waals surface area contributed by atoms with Crippen LogP contribution in [0.25, 0.3) is 47.3 Å². The molecule has 2 aliphatic carbocycles. The van der Waals surface area contributed by atoms with Crippen LogP contribution in [0.2, 0.25) is 0 Å². The van der Waals surface area contributed by atoms with Gasteiger partial charge in [-0.3, -0.25) is 38.3 Å². The molecule has 2 saturated carbocycles. The van der Waals surface area contributed by atoms with Gasteiger partial charge in [-0.25, -0.2) is 33.6 Å². The number of carbonyl (C=O) groups excluding carboxylic acids is 9. The van der Waals surface area contributed by atoms with Gasteiger partial charge in [0, 0.05) is 59.7 Å². The summed E-state index contributed by atoms with van der Waals surface area (Å²) >= 11 is 0. The van der Waals surface area contributed by atoms with Crippen molar-refractivity contribution in [1.82, 2.24) is 24.9 Å².